The Bertz CT molecular complexity index is 711. The van der Waals surface area contributed by atoms with Crippen LogP contribution in [0.15, 0.2) is 71.1 Å². The second-order valence-corrected chi connectivity index (χ2v) is 4.53. The van der Waals surface area contributed by atoms with E-state index in [0.29, 0.717) is 11.5 Å². The van der Waals surface area contributed by atoms with Crippen molar-refractivity contribution in [1.82, 2.24) is 4.90 Å². The highest BCUT2D eigenvalue weighted by Crippen LogP contribution is 2.22. The molecule has 0 aromatic heterocycles. The highest BCUT2D eigenvalue weighted by atomic mass is 16.6. The standard InChI is InChI=1S/C16H12N2O3/c1-11(19)18-9-7-12(8-10-18)14-16(20)21-15(17-14)13-5-3-2-4-6-13/h2-10H,1H3. The number of benzene rings is 1. The Morgan fingerprint density at radius 3 is 2.43 bits per heavy atom. The first-order chi connectivity index (χ1) is 10.1. The number of rotatable bonds is 1. The van der Waals surface area contributed by atoms with Gasteiger partial charge in [-0.15, -0.1) is 0 Å². The summed E-state index contributed by atoms with van der Waals surface area (Å²) in [5, 5.41) is 0. The van der Waals surface area contributed by atoms with Crippen molar-refractivity contribution in [1.29, 1.82) is 0 Å². The van der Waals surface area contributed by atoms with Crippen molar-refractivity contribution in [3.8, 4) is 0 Å². The first kappa shape index (κ1) is 13.1. The lowest BCUT2D eigenvalue weighted by Crippen LogP contribution is -2.17. The minimum atomic E-state index is -0.491. The third-order valence-electron chi connectivity index (χ3n) is 3.08. The van der Waals surface area contributed by atoms with Crippen molar-refractivity contribution in [3.63, 3.8) is 0 Å². The topological polar surface area (TPSA) is 59.0 Å². The van der Waals surface area contributed by atoms with Crippen LogP contribution in [-0.2, 0) is 14.3 Å². The molecule has 0 saturated heterocycles. The molecule has 2 heterocycles. The molecule has 0 radical (unpaired) electrons. The lowest BCUT2D eigenvalue weighted by Gasteiger charge is -2.14. The van der Waals surface area contributed by atoms with Gasteiger partial charge < -0.3 is 4.74 Å². The summed E-state index contributed by atoms with van der Waals surface area (Å²) < 4.78 is 5.19. The van der Waals surface area contributed by atoms with Crippen molar-refractivity contribution < 1.29 is 14.3 Å². The average molecular weight is 280 g/mol. The predicted octanol–water partition coefficient (Wildman–Crippen LogP) is 2.13. The number of carbonyl (C=O) groups excluding carboxylic acids is 2. The zero-order chi connectivity index (χ0) is 14.8. The third kappa shape index (κ3) is 2.53. The second-order valence-electron chi connectivity index (χ2n) is 4.53. The predicted molar refractivity (Wildman–Crippen MR) is 76.9 cm³/mol. The van der Waals surface area contributed by atoms with Gasteiger partial charge in [-0.25, -0.2) is 9.79 Å². The molecule has 0 saturated carbocycles. The number of hydrogen-bond acceptors (Lipinski definition) is 4. The van der Waals surface area contributed by atoms with Gasteiger partial charge in [0.15, 0.2) is 5.70 Å². The van der Waals surface area contributed by atoms with E-state index in [9.17, 15) is 9.59 Å². The molecule has 0 bridgehead atoms. The molecule has 104 valence electrons. The van der Waals surface area contributed by atoms with Gasteiger partial charge >= 0.3 is 5.97 Å². The number of ether oxygens (including phenoxy) is 1. The fourth-order valence-electron chi connectivity index (χ4n) is 1.99. The van der Waals surface area contributed by atoms with E-state index in [1.54, 1.807) is 24.6 Å². The SMILES string of the molecule is CC(=O)N1C=CC(=C2N=C(c3ccccc3)OC2=O)C=C1. The summed E-state index contributed by atoms with van der Waals surface area (Å²) in [5.41, 5.74) is 1.60. The summed E-state index contributed by atoms with van der Waals surface area (Å²) in [4.78, 5) is 28.8. The molecule has 5 nitrogen and oxygen atoms in total. The summed E-state index contributed by atoms with van der Waals surface area (Å²) >= 11 is 0. The highest BCUT2D eigenvalue weighted by molar-refractivity contribution is 6.11. The van der Waals surface area contributed by atoms with Crippen LogP contribution in [0.3, 0.4) is 0 Å². The van der Waals surface area contributed by atoms with E-state index < -0.39 is 5.97 Å². The van der Waals surface area contributed by atoms with Gasteiger partial charge in [0.25, 0.3) is 0 Å². The smallest absolute Gasteiger partial charge is 0.364 e. The molecule has 2 aliphatic rings. The summed E-state index contributed by atoms with van der Waals surface area (Å²) in [6, 6.07) is 9.22. The van der Waals surface area contributed by atoms with Crippen molar-refractivity contribution >= 4 is 17.8 Å². The van der Waals surface area contributed by atoms with Crippen LogP contribution in [0.4, 0.5) is 0 Å². The molecule has 0 fully saturated rings. The first-order valence-electron chi connectivity index (χ1n) is 6.41. The fourth-order valence-corrected chi connectivity index (χ4v) is 1.99. The number of allylic oxidation sites excluding steroid dienone is 3. The number of carbonyl (C=O) groups is 2. The molecule has 1 amide bonds. The molecule has 1 aromatic carbocycles. The van der Waals surface area contributed by atoms with Crippen molar-refractivity contribution in [2.45, 2.75) is 6.92 Å². The van der Waals surface area contributed by atoms with Crippen LogP contribution in [-0.4, -0.2) is 22.7 Å². The summed E-state index contributed by atoms with van der Waals surface area (Å²) in [7, 11) is 0. The maximum Gasteiger partial charge on any atom is 0.364 e. The minimum absolute atomic E-state index is 0.103. The average Bonchev–Trinajstić information content (AvgIpc) is 2.90. The minimum Gasteiger partial charge on any atom is -0.402 e. The quantitative estimate of drug-likeness (QED) is 0.585. The number of amides is 1. The lowest BCUT2D eigenvalue weighted by molar-refractivity contribution is -0.130. The van der Waals surface area contributed by atoms with Crippen LogP contribution in [0.1, 0.15) is 12.5 Å². The van der Waals surface area contributed by atoms with E-state index in [4.69, 9.17) is 4.74 Å². The molecular formula is C16H12N2O3. The largest absolute Gasteiger partial charge is 0.402 e. The first-order valence-corrected chi connectivity index (χ1v) is 6.41. The monoisotopic (exact) mass is 280 g/mol. The number of aliphatic imine (C=N–C) groups is 1. The van der Waals surface area contributed by atoms with Crippen LogP contribution in [0.2, 0.25) is 0 Å². The van der Waals surface area contributed by atoms with Gasteiger partial charge in [-0.1, -0.05) is 18.2 Å². The number of nitrogens with zero attached hydrogens (tertiary/aromatic N) is 2. The van der Waals surface area contributed by atoms with Gasteiger partial charge in [0.05, 0.1) is 0 Å². The Labute approximate surface area is 121 Å². The van der Waals surface area contributed by atoms with E-state index in [1.807, 2.05) is 30.3 Å². The van der Waals surface area contributed by atoms with Crippen LogP contribution in [0.5, 0.6) is 0 Å². The molecule has 1 aromatic rings. The Balaban J connectivity index is 1.93. The number of cyclic esters (lactones) is 1. The molecule has 0 atom stereocenters. The molecule has 0 unspecified atom stereocenters. The zero-order valence-corrected chi connectivity index (χ0v) is 11.3. The third-order valence-corrected chi connectivity index (χ3v) is 3.08. The van der Waals surface area contributed by atoms with E-state index in [2.05, 4.69) is 4.99 Å². The highest BCUT2D eigenvalue weighted by Gasteiger charge is 2.26. The maximum atomic E-state index is 11.9. The van der Waals surface area contributed by atoms with Crippen molar-refractivity contribution in [3.05, 3.63) is 71.7 Å². The van der Waals surface area contributed by atoms with Gasteiger partial charge in [0.1, 0.15) is 0 Å². The molecular weight excluding hydrogens is 268 g/mol. The molecule has 2 aliphatic heterocycles. The van der Waals surface area contributed by atoms with E-state index in [1.165, 1.54) is 11.8 Å². The summed E-state index contributed by atoms with van der Waals surface area (Å²) in [5.74, 6) is -0.303. The molecule has 21 heavy (non-hydrogen) atoms. The number of hydrogen-bond donors (Lipinski definition) is 0. The summed E-state index contributed by atoms with van der Waals surface area (Å²) in [6.07, 6.45) is 6.51. The Morgan fingerprint density at radius 2 is 1.81 bits per heavy atom. The van der Waals surface area contributed by atoms with Crippen LogP contribution < -0.4 is 0 Å². The van der Waals surface area contributed by atoms with Crippen molar-refractivity contribution in [2.75, 3.05) is 0 Å². The fraction of sp³-hybridized carbons (Fsp3) is 0.0625. The molecule has 3 rings (SSSR count). The van der Waals surface area contributed by atoms with Crippen LogP contribution >= 0.6 is 0 Å². The van der Waals surface area contributed by atoms with Gasteiger partial charge in [-0.3, -0.25) is 9.69 Å². The van der Waals surface area contributed by atoms with Gasteiger partial charge in [0.2, 0.25) is 11.8 Å². The zero-order valence-electron chi connectivity index (χ0n) is 11.3. The Hall–Kier alpha value is -2.95. The summed E-state index contributed by atoms with van der Waals surface area (Å²) in [6.45, 7) is 1.46. The van der Waals surface area contributed by atoms with Crippen LogP contribution in [0.25, 0.3) is 0 Å². The van der Waals surface area contributed by atoms with Crippen molar-refractivity contribution in [2.24, 2.45) is 4.99 Å². The molecule has 0 spiro atoms. The van der Waals surface area contributed by atoms with Crippen LogP contribution in [0, 0.1) is 0 Å². The van der Waals surface area contributed by atoms with Gasteiger partial charge in [0, 0.05) is 30.5 Å². The van der Waals surface area contributed by atoms with Gasteiger partial charge in [-0.2, -0.15) is 0 Å². The molecule has 0 N–H and O–H groups in total. The van der Waals surface area contributed by atoms with E-state index in [0.717, 1.165) is 5.56 Å². The van der Waals surface area contributed by atoms with Gasteiger partial charge in [-0.05, 0) is 24.3 Å². The Kier molecular flexibility index (Phi) is 3.23. The Morgan fingerprint density at radius 1 is 1.14 bits per heavy atom. The second kappa shape index (κ2) is 5.20. The maximum absolute atomic E-state index is 11.9. The molecule has 0 aliphatic carbocycles. The van der Waals surface area contributed by atoms with E-state index >= 15 is 0 Å². The number of esters is 1. The van der Waals surface area contributed by atoms with E-state index in [-0.39, 0.29) is 11.6 Å². The lowest BCUT2D eigenvalue weighted by atomic mass is 10.1. The normalized spacial score (nSPS) is 17.1. The molecule has 5 heteroatoms.